The molecule has 0 bridgehead atoms. The summed E-state index contributed by atoms with van der Waals surface area (Å²) in [6, 6.07) is 7.25. The molecule has 24 heavy (non-hydrogen) atoms. The molecule has 1 aromatic rings. The van der Waals surface area contributed by atoms with E-state index >= 15 is 0 Å². The molecule has 1 unspecified atom stereocenters. The molecule has 4 heteroatoms. The molecular weight excluding hydrogens is 302 g/mol. The third-order valence-corrected chi connectivity index (χ3v) is 5.09. The smallest absolute Gasteiger partial charge is 0.335 e. The number of amides is 1. The number of rotatable bonds is 7. The lowest BCUT2D eigenvalue weighted by atomic mass is 9.88. The SMILES string of the molecule is CCCCC(C)C(=O)N1CCC(Cc2ccccc2C(=O)O)CC1. The van der Waals surface area contributed by atoms with Crippen molar-refractivity contribution in [3.8, 4) is 0 Å². The first-order chi connectivity index (χ1) is 11.5. The largest absolute Gasteiger partial charge is 0.478 e. The van der Waals surface area contributed by atoms with Crippen LogP contribution in [0.25, 0.3) is 0 Å². The van der Waals surface area contributed by atoms with Gasteiger partial charge in [-0.2, -0.15) is 0 Å². The maximum Gasteiger partial charge on any atom is 0.335 e. The molecule has 1 saturated heterocycles. The summed E-state index contributed by atoms with van der Waals surface area (Å²) in [7, 11) is 0. The van der Waals surface area contributed by atoms with E-state index in [0.717, 1.165) is 57.2 Å². The molecule has 1 heterocycles. The summed E-state index contributed by atoms with van der Waals surface area (Å²) < 4.78 is 0. The summed E-state index contributed by atoms with van der Waals surface area (Å²) >= 11 is 0. The Hall–Kier alpha value is -1.84. The molecule has 0 radical (unpaired) electrons. The number of carbonyl (C=O) groups excluding carboxylic acids is 1. The fraction of sp³-hybridized carbons (Fsp3) is 0.600. The number of likely N-dealkylation sites (tertiary alicyclic amines) is 1. The van der Waals surface area contributed by atoms with E-state index in [1.165, 1.54) is 0 Å². The number of carboxylic acids is 1. The van der Waals surface area contributed by atoms with E-state index in [-0.39, 0.29) is 11.8 Å². The highest BCUT2D eigenvalue weighted by molar-refractivity contribution is 5.89. The minimum Gasteiger partial charge on any atom is -0.478 e. The monoisotopic (exact) mass is 331 g/mol. The van der Waals surface area contributed by atoms with Crippen molar-refractivity contribution in [2.75, 3.05) is 13.1 Å². The van der Waals surface area contributed by atoms with Gasteiger partial charge in [0.2, 0.25) is 5.91 Å². The van der Waals surface area contributed by atoms with Crippen LogP contribution in [0, 0.1) is 11.8 Å². The van der Waals surface area contributed by atoms with Crippen molar-refractivity contribution < 1.29 is 14.7 Å². The van der Waals surface area contributed by atoms with Crippen LogP contribution in [0.2, 0.25) is 0 Å². The fourth-order valence-electron chi connectivity index (χ4n) is 3.52. The van der Waals surface area contributed by atoms with Gasteiger partial charge >= 0.3 is 5.97 Å². The van der Waals surface area contributed by atoms with Gasteiger partial charge < -0.3 is 10.0 Å². The van der Waals surface area contributed by atoms with E-state index in [1.54, 1.807) is 12.1 Å². The minimum absolute atomic E-state index is 0.120. The van der Waals surface area contributed by atoms with Gasteiger partial charge in [-0.3, -0.25) is 4.79 Å². The highest BCUT2D eigenvalue weighted by Gasteiger charge is 2.26. The first-order valence-electron chi connectivity index (χ1n) is 9.12. The Kier molecular flexibility index (Phi) is 6.83. The second-order valence-electron chi connectivity index (χ2n) is 6.98. The summed E-state index contributed by atoms with van der Waals surface area (Å²) in [5, 5.41) is 9.29. The van der Waals surface area contributed by atoms with Crippen LogP contribution >= 0.6 is 0 Å². The Bertz CT molecular complexity index is 562. The van der Waals surface area contributed by atoms with Gasteiger partial charge in [0.25, 0.3) is 0 Å². The van der Waals surface area contributed by atoms with Crippen LogP contribution in [0.1, 0.15) is 61.9 Å². The van der Waals surface area contributed by atoms with Crippen molar-refractivity contribution in [3.05, 3.63) is 35.4 Å². The second kappa shape index (κ2) is 8.86. The third-order valence-electron chi connectivity index (χ3n) is 5.09. The Morgan fingerprint density at radius 2 is 1.92 bits per heavy atom. The Morgan fingerprint density at radius 1 is 1.25 bits per heavy atom. The normalized spacial score (nSPS) is 16.8. The highest BCUT2D eigenvalue weighted by atomic mass is 16.4. The van der Waals surface area contributed by atoms with Crippen LogP contribution in [-0.4, -0.2) is 35.0 Å². The fourth-order valence-corrected chi connectivity index (χ4v) is 3.52. The number of piperidine rings is 1. The van der Waals surface area contributed by atoms with Gasteiger partial charge in [0.1, 0.15) is 0 Å². The first kappa shape index (κ1) is 18.5. The third kappa shape index (κ3) is 4.83. The Balaban J connectivity index is 1.87. The van der Waals surface area contributed by atoms with Crippen molar-refractivity contribution in [1.82, 2.24) is 4.90 Å². The molecule has 132 valence electrons. The van der Waals surface area contributed by atoms with Crippen molar-refractivity contribution in [2.24, 2.45) is 11.8 Å². The predicted octanol–water partition coefficient (Wildman–Crippen LogP) is 3.99. The summed E-state index contributed by atoms with van der Waals surface area (Å²) in [5.41, 5.74) is 1.32. The van der Waals surface area contributed by atoms with Crippen LogP contribution in [0.5, 0.6) is 0 Å². The minimum atomic E-state index is -0.858. The van der Waals surface area contributed by atoms with Crippen molar-refractivity contribution in [2.45, 2.75) is 52.4 Å². The molecule has 1 aliphatic heterocycles. The molecule has 2 rings (SSSR count). The number of carbonyl (C=O) groups is 2. The van der Waals surface area contributed by atoms with Crippen molar-refractivity contribution >= 4 is 11.9 Å². The zero-order chi connectivity index (χ0) is 17.5. The van der Waals surface area contributed by atoms with Gasteiger partial charge in [-0.25, -0.2) is 4.79 Å². The molecule has 1 fully saturated rings. The van der Waals surface area contributed by atoms with E-state index in [4.69, 9.17) is 0 Å². The lowest BCUT2D eigenvalue weighted by Gasteiger charge is -2.34. The summed E-state index contributed by atoms with van der Waals surface area (Å²) in [5.74, 6) is 0.00512. The molecule has 1 aromatic carbocycles. The van der Waals surface area contributed by atoms with Gasteiger partial charge in [-0.1, -0.05) is 44.9 Å². The number of benzene rings is 1. The Morgan fingerprint density at radius 3 is 2.54 bits per heavy atom. The van der Waals surface area contributed by atoms with Crippen LogP contribution in [0.4, 0.5) is 0 Å². The number of hydrogen-bond acceptors (Lipinski definition) is 2. The van der Waals surface area contributed by atoms with Crippen LogP contribution in [0.15, 0.2) is 24.3 Å². The molecule has 1 amide bonds. The van der Waals surface area contributed by atoms with E-state index < -0.39 is 5.97 Å². The van der Waals surface area contributed by atoms with Gasteiger partial charge in [0, 0.05) is 19.0 Å². The molecule has 4 nitrogen and oxygen atoms in total. The van der Waals surface area contributed by atoms with Gasteiger partial charge in [-0.15, -0.1) is 0 Å². The van der Waals surface area contributed by atoms with Crippen LogP contribution < -0.4 is 0 Å². The van der Waals surface area contributed by atoms with Crippen molar-refractivity contribution in [3.63, 3.8) is 0 Å². The number of carboxylic acid groups (broad SMARTS) is 1. The zero-order valence-corrected chi connectivity index (χ0v) is 14.8. The molecule has 0 aromatic heterocycles. The molecule has 0 aliphatic carbocycles. The zero-order valence-electron chi connectivity index (χ0n) is 14.8. The lowest BCUT2D eigenvalue weighted by Crippen LogP contribution is -2.41. The average molecular weight is 331 g/mol. The van der Waals surface area contributed by atoms with E-state index in [1.807, 2.05) is 24.0 Å². The predicted molar refractivity (Wildman–Crippen MR) is 95.1 cm³/mol. The van der Waals surface area contributed by atoms with Crippen molar-refractivity contribution in [1.29, 1.82) is 0 Å². The molecular formula is C20H29NO3. The van der Waals surface area contributed by atoms with Crippen LogP contribution in [-0.2, 0) is 11.2 Å². The topological polar surface area (TPSA) is 57.6 Å². The van der Waals surface area contributed by atoms with Crippen LogP contribution in [0.3, 0.4) is 0 Å². The maximum atomic E-state index is 12.5. The number of aromatic carboxylic acids is 1. The second-order valence-corrected chi connectivity index (χ2v) is 6.98. The van der Waals surface area contributed by atoms with Gasteiger partial charge in [-0.05, 0) is 43.2 Å². The number of hydrogen-bond donors (Lipinski definition) is 1. The summed E-state index contributed by atoms with van der Waals surface area (Å²) in [6.45, 7) is 5.79. The van der Waals surface area contributed by atoms with Gasteiger partial charge in [0.15, 0.2) is 0 Å². The standard InChI is InChI=1S/C20H29NO3/c1-3-4-7-15(2)19(22)21-12-10-16(11-13-21)14-17-8-5-6-9-18(17)20(23)24/h5-6,8-9,15-16H,3-4,7,10-14H2,1-2H3,(H,23,24). The van der Waals surface area contributed by atoms with E-state index in [2.05, 4.69) is 6.92 Å². The van der Waals surface area contributed by atoms with E-state index in [9.17, 15) is 14.7 Å². The highest BCUT2D eigenvalue weighted by Crippen LogP contribution is 2.25. The molecule has 1 atom stereocenters. The molecule has 0 saturated carbocycles. The first-order valence-corrected chi connectivity index (χ1v) is 9.12. The number of nitrogens with zero attached hydrogens (tertiary/aromatic N) is 1. The summed E-state index contributed by atoms with van der Waals surface area (Å²) in [6.07, 6.45) is 5.91. The molecule has 1 aliphatic rings. The van der Waals surface area contributed by atoms with E-state index in [0.29, 0.717) is 11.5 Å². The van der Waals surface area contributed by atoms with Gasteiger partial charge in [0.05, 0.1) is 5.56 Å². The quantitative estimate of drug-likeness (QED) is 0.822. The lowest BCUT2D eigenvalue weighted by molar-refractivity contribution is -0.136. The maximum absolute atomic E-state index is 12.5. The Labute approximate surface area is 144 Å². The molecule has 1 N–H and O–H groups in total. The number of unbranched alkanes of at least 4 members (excludes halogenated alkanes) is 1. The average Bonchev–Trinajstić information content (AvgIpc) is 2.60. The summed E-state index contributed by atoms with van der Waals surface area (Å²) in [4.78, 5) is 25.8. The molecule has 0 spiro atoms.